The van der Waals surface area contributed by atoms with Crippen molar-refractivity contribution in [1.29, 1.82) is 5.26 Å². The number of hydrogen-bond donors (Lipinski definition) is 2. The molecule has 0 aliphatic heterocycles. The quantitative estimate of drug-likeness (QED) is 0.194. The Bertz CT molecular complexity index is 1390. The van der Waals surface area contributed by atoms with Gasteiger partial charge < -0.3 is 15.5 Å². The van der Waals surface area contributed by atoms with Crippen LogP contribution in [0.1, 0.15) is 77.2 Å². The Morgan fingerprint density at radius 1 is 1.02 bits per heavy atom. The highest BCUT2D eigenvalue weighted by atomic mass is 19.1. The minimum absolute atomic E-state index is 0.0245. The highest BCUT2D eigenvalue weighted by Gasteiger charge is 2.43. The average molecular weight is 571 g/mol. The first-order valence-electron chi connectivity index (χ1n) is 14.4. The third kappa shape index (κ3) is 10.1. The van der Waals surface area contributed by atoms with E-state index in [-0.39, 0.29) is 11.4 Å². The van der Waals surface area contributed by atoms with Crippen LogP contribution >= 0.6 is 0 Å². The van der Waals surface area contributed by atoms with Crippen LogP contribution in [0, 0.1) is 42.2 Å². The van der Waals surface area contributed by atoms with Crippen LogP contribution in [-0.2, 0) is 12.1 Å². The Morgan fingerprint density at radius 2 is 1.76 bits per heavy atom. The molecule has 220 valence electrons. The summed E-state index contributed by atoms with van der Waals surface area (Å²) in [5.74, 6) is 1.53. The SMILES string of the molecule is C#Cc1cccc(C2(NCCCNC(=O)c3cc(C#N)cc(CN(C)CCCC)c3)CC2)c1.Cc1cc(F)cc(F)c1. The van der Waals surface area contributed by atoms with Crippen molar-refractivity contribution in [3.8, 4) is 18.4 Å². The average Bonchev–Trinajstić information content (AvgIpc) is 3.76. The largest absolute Gasteiger partial charge is 0.352 e. The summed E-state index contributed by atoms with van der Waals surface area (Å²) >= 11 is 0. The molecule has 0 spiro atoms. The molecule has 1 fully saturated rings. The number of rotatable bonds is 12. The number of benzene rings is 3. The van der Waals surface area contributed by atoms with Crippen LogP contribution in [0.2, 0.25) is 0 Å². The van der Waals surface area contributed by atoms with Crippen LogP contribution < -0.4 is 10.6 Å². The maximum Gasteiger partial charge on any atom is 0.251 e. The number of terminal acetylenes is 1. The second kappa shape index (κ2) is 15.8. The Morgan fingerprint density at radius 3 is 2.38 bits per heavy atom. The van der Waals surface area contributed by atoms with Gasteiger partial charge in [0, 0.05) is 35.8 Å². The fraction of sp³-hybridized carbons (Fsp3) is 0.371. The first-order chi connectivity index (χ1) is 20.2. The molecular formula is C35H40F2N4O. The maximum absolute atomic E-state index is 12.7. The molecule has 3 aromatic carbocycles. The molecule has 0 heterocycles. The Hall–Kier alpha value is -4.04. The van der Waals surface area contributed by atoms with Gasteiger partial charge in [-0.3, -0.25) is 4.79 Å². The molecule has 4 rings (SSSR count). The number of carbonyl (C=O) groups excluding carboxylic acids is 1. The van der Waals surface area contributed by atoms with Gasteiger partial charge in [0.05, 0.1) is 11.6 Å². The van der Waals surface area contributed by atoms with Crippen molar-refractivity contribution in [2.45, 2.75) is 58.0 Å². The van der Waals surface area contributed by atoms with Crippen LogP contribution in [-0.4, -0.2) is 37.5 Å². The third-order valence-electron chi connectivity index (χ3n) is 7.17. The minimum Gasteiger partial charge on any atom is -0.352 e. The molecular weight excluding hydrogens is 530 g/mol. The first kappa shape index (κ1) is 32.5. The molecule has 0 saturated heterocycles. The van der Waals surface area contributed by atoms with Crippen molar-refractivity contribution in [3.05, 3.63) is 106 Å². The molecule has 42 heavy (non-hydrogen) atoms. The molecule has 0 aromatic heterocycles. The van der Waals surface area contributed by atoms with Crippen molar-refractivity contribution < 1.29 is 13.6 Å². The molecule has 0 atom stereocenters. The summed E-state index contributed by atoms with van der Waals surface area (Å²) in [6, 6.07) is 19.2. The van der Waals surface area contributed by atoms with Gasteiger partial charge in [-0.1, -0.05) is 31.4 Å². The van der Waals surface area contributed by atoms with Gasteiger partial charge in [0.2, 0.25) is 0 Å². The zero-order valence-electron chi connectivity index (χ0n) is 24.8. The lowest BCUT2D eigenvalue weighted by Crippen LogP contribution is -2.33. The zero-order valence-corrected chi connectivity index (χ0v) is 24.8. The summed E-state index contributed by atoms with van der Waals surface area (Å²) < 4.78 is 24.4. The van der Waals surface area contributed by atoms with Crippen molar-refractivity contribution in [2.24, 2.45) is 0 Å². The normalized spacial score (nSPS) is 13.0. The molecule has 2 N–H and O–H groups in total. The third-order valence-corrected chi connectivity index (χ3v) is 7.17. The molecule has 0 unspecified atom stereocenters. The molecule has 1 aliphatic rings. The van der Waals surface area contributed by atoms with Crippen LogP contribution in [0.5, 0.6) is 0 Å². The fourth-order valence-corrected chi connectivity index (χ4v) is 4.81. The number of aryl methyl sites for hydroxylation is 1. The van der Waals surface area contributed by atoms with Crippen molar-refractivity contribution in [3.63, 3.8) is 0 Å². The molecule has 7 heteroatoms. The van der Waals surface area contributed by atoms with E-state index in [9.17, 15) is 18.8 Å². The summed E-state index contributed by atoms with van der Waals surface area (Å²) in [4.78, 5) is 14.9. The topological polar surface area (TPSA) is 68.2 Å². The monoisotopic (exact) mass is 570 g/mol. The summed E-state index contributed by atoms with van der Waals surface area (Å²) in [6.07, 6.45) is 10.8. The summed E-state index contributed by atoms with van der Waals surface area (Å²) in [6.45, 7) is 6.93. The van der Waals surface area contributed by atoms with E-state index in [1.807, 2.05) is 24.3 Å². The van der Waals surface area contributed by atoms with E-state index in [0.29, 0.717) is 23.2 Å². The highest BCUT2D eigenvalue weighted by Crippen LogP contribution is 2.45. The summed E-state index contributed by atoms with van der Waals surface area (Å²) in [5.41, 5.74) is 4.84. The van der Waals surface area contributed by atoms with E-state index in [1.54, 1.807) is 13.0 Å². The second-order valence-electron chi connectivity index (χ2n) is 10.9. The van der Waals surface area contributed by atoms with E-state index < -0.39 is 11.6 Å². The lowest BCUT2D eigenvalue weighted by atomic mass is 10.0. The van der Waals surface area contributed by atoms with E-state index >= 15 is 0 Å². The Labute approximate surface area is 248 Å². The van der Waals surface area contributed by atoms with Crippen molar-refractivity contribution in [2.75, 3.05) is 26.7 Å². The van der Waals surface area contributed by atoms with Gasteiger partial charge in [0.25, 0.3) is 5.91 Å². The predicted octanol–water partition coefficient (Wildman–Crippen LogP) is 6.44. The number of hydrogen-bond acceptors (Lipinski definition) is 4. The van der Waals surface area contributed by atoms with Gasteiger partial charge in [-0.05, 0) is 112 Å². The van der Waals surface area contributed by atoms with Gasteiger partial charge in [-0.2, -0.15) is 5.26 Å². The number of nitriles is 1. The van der Waals surface area contributed by atoms with Crippen LogP contribution in [0.4, 0.5) is 8.78 Å². The molecule has 3 aromatic rings. The number of halogens is 2. The molecule has 1 saturated carbocycles. The lowest BCUT2D eigenvalue weighted by Gasteiger charge is -2.18. The Balaban J connectivity index is 0.000000458. The number of carbonyl (C=O) groups is 1. The van der Waals surface area contributed by atoms with Crippen molar-refractivity contribution in [1.82, 2.24) is 15.5 Å². The fourth-order valence-electron chi connectivity index (χ4n) is 4.81. The van der Waals surface area contributed by atoms with Gasteiger partial charge in [0.15, 0.2) is 0 Å². The molecule has 5 nitrogen and oxygen atoms in total. The summed E-state index contributed by atoms with van der Waals surface area (Å²) in [5, 5.41) is 16.0. The maximum atomic E-state index is 12.7. The molecule has 0 bridgehead atoms. The summed E-state index contributed by atoms with van der Waals surface area (Å²) in [7, 11) is 2.07. The van der Waals surface area contributed by atoms with Gasteiger partial charge in [-0.25, -0.2) is 8.78 Å². The van der Waals surface area contributed by atoms with E-state index in [2.05, 4.69) is 53.6 Å². The van der Waals surface area contributed by atoms with Crippen LogP contribution in [0.15, 0.2) is 60.7 Å². The zero-order chi connectivity index (χ0) is 30.5. The highest BCUT2D eigenvalue weighted by molar-refractivity contribution is 5.94. The molecule has 0 radical (unpaired) electrons. The van der Waals surface area contributed by atoms with E-state index in [1.165, 1.54) is 17.7 Å². The molecule has 1 amide bonds. The first-order valence-corrected chi connectivity index (χ1v) is 14.4. The number of nitrogens with one attached hydrogen (secondary N) is 2. The van der Waals surface area contributed by atoms with Crippen molar-refractivity contribution >= 4 is 5.91 Å². The van der Waals surface area contributed by atoms with Gasteiger partial charge >= 0.3 is 0 Å². The number of nitrogens with zero attached hydrogens (tertiary/aromatic N) is 2. The second-order valence-corrected chi connectivity index (χ2v) is 10.9. The minimum atomic E-state index is -0.521. The number of unbranched alkanes of at least 4 members (excludes halogenated alkanes) is 1. The lowest BCUT2D eigenvalue weighted by molar-refractivity contribution is 0.0953. The van der Waals surface area contributed by atoms with E-state index in [4.69, 9.17) is 6.42 Å². The number of amides is 1. The van der Waals surface area contributed by atoms with Gasteiger partial charge in [0.1, 0.15) is 11.6 Å². The van der Waals surface area contributed by atoms with Crippen LogP contribution in [0.25, 0.3) is 0 Å². The smallest absolute Gasteiger partial charge is 0.251 e. The van der Waals surface area contributed by atoms with Gasteiger partial charge in [-0.15, -0.1) is 6.42 Å². The van der Waals surface area contributed by atoms with E-state index in [0.717, 1.165) is 68.9 Å². The van der Waals surface area contributed by atoms with Crippen LogP contribution in [0.3, 0.4) is 0 Å². The predicted molar refractivity (Wildman–Crippen MR) is 164 cm³/mol. The molecule has 1 aliphatic carbocycles. The Kier molecular flexibility index (Phi) is 12.2. The standard InChI is InChI=1S/C28H34N4O.C7H6F2/c1-4-6-15-32(3)21-24-16-23(20-29)17-25(18-24)27(33)30-13-8-14-31-28(11-12-28)26-10-7-9-22(5-2)19-26;1-5-2-6(8)4-7(9)3-5/h2,7,9-10,16-19,31H,4,6,8,11-15,21H2,1,3H3,(H,30,33);2-4H,1H3.